The number of pyridine rings is 1. The van der Waals surface area contributed by atoms with E-state index in [1.807, 2.05) is 26.8 Å². The lowest BCUT2D eigenvalue weighted by Gasteiger charge is -2.09. The molecule has 0 aliphatic heterocycles. The van der Waals surface area contributed by atoms with E-state index in [0.29, 0.717) is 11.8 Å². The van der Waals surface area contributed by atoms with Crippen LogP contribution < -0.4 is 5.32 Å². The van der Waals surface area contributed by atoms with E-state index in [1.165, 1.54) is 0 Å². The first-order valence-electron chi connectivity index (χ1n) is 6.58. The van der Waals surface area contributed by atoms with Gasteiger partial charge in [-0.15, -0.1) is 10.2 Å². The van der Waals surface area contributed by atoms with Gasteiger partial charge in [-0.3, -0.25) is 9.78 Å². The molecule has 1 unspecified atom stereocenters. The van der Waals surface area contributed by atoms with Crippen LogP contribution in [0.4, 0.5) is 0 Å². The van der Waals surface area contributed by atoms with Gasteiger partial charge in [0.15, 0.2) is 0 Å². The van der Waals surface area contributed by atoms with E-state index in [2.05, 4.69) is 20.5 Å². The number of aromatic nitrogens is 3. The van der Waals surface area contributed by atoms with Crippen molar-refractivity contribution in [2.24, 2.45) is 0 Å². The predicted molar refractivity (Wildman–Crippen MR) is 72.9 cm³/mol. The zero-order chi connectivity index (χ0) is 14.5. The van der Waals surface area contributed by atoms with Crippen LogP contribution in [0.2, 0.25) is 0 Å². The number of carbonyl (C=O) groups is 1. The van der Waals surface area contributed by atoms with Crippen molar-refractivity contribution in [1.29, 1.82) is 0 Å². The molecule has 6 heteroatoms. The van der Waals surface area contributed by atoms with Gasteiger partial charge in [0.2, 0.25) is 17.7 Å². The lowest BCUT2D eigenvalue weighted by molar-refractivity contribution is -0.121. The van der Waals surface area contributed by atoms with Crippen LogP contribution in [-0.4, -0.2) is 21.1 Å². The van der Waals surface area contributed by atoms with Crippen molar-refractivity contribution >= 4 is 5.91 Å². The minimum atomic E-state index is -0.306. The van der Waals surface area contributed by atoms with Crippen molar-refractivity contribution < 1.29 is 9.21 Å². The normalized spacial score (nSPS) is 12.4. The van der Waals surface area contributed by atoms with Crippen LogP contribution in [0.1, 0.15) is 50.1 Å². The Balaban J connectivity index is 1.93. The highest BCUT2D eigenvalue weighted by molar-refractivity contribution is 5.78. The van der Waals surface area contributed by atoms with Crippen molar-refractivity contribution in [2.45, 2.75) is 39.2 Å². The van der Waals surface area contributed by atoms with E-state index in [4.69, 9.17) is 4.42 Å². The Morgan fingerprint density at radius 1 is 1.30 bits per heavy atom. The van der Waals surface area contributed by atoms with Crippen LogP contribution in [-0.2, 0) is 11.2 Å². The summed E-state index contributed by atoms with van der Waals surface area (Å²) in [6, 6.07) is 3.36. The molecule has 2 heterocycles. The SMILES string of the molecule is CC(C)c1nnc(C(C)NC(=O)Cc2cccnc2)o1. The number of rotatable bonds is 5. The molecule has 0 bridgehead atoms. The Kier molecular flexibility index (Phi) is 4.45. The van der Waals surface area contributed by atoms with Crippen molar-refractivity contribution in [2.75, 3.05) is 0 Å². The van der Waals surface area contributed by atoms with Crippen LogP contribution in [0.5, 0.6) is 0 Å². The van der Waals surface area contributed by atoms with E-state index in [0.717, 1.165) is 5.56 Å². The molecule has 2 aromatic heterocycles. The summed E-state index contributed by atoms with van der Waals surface area (Å²) in [4.78, 5) is 15.9. The summed E-state index contributed by atoms with van der Waals surface area (Å²) in [7, 11) is 0. The fraction of sp³-hybridized carbons (Fsp3) is 0.429. The molecule has 1 atom stereocenters. The molecule has 0 radical (unpaired) electrons. The van der Waals surface area contributed by atoms with Crippen LogP contribution in [0.3, 0.4) is 0 Å². The third-order valence-corrected chi connectivity index (χ3v) is 2.79. The summed E-state index contributed by atoms with van der Waals surface area (Å²) < 4.78 is 5.51. The maximum atomic E-state index is 11.9. The van der Waals surface area contributed by atoms with Crippen LogP contribution in [0.15, 0.2) is 28.9 Å². The molecule has 0 saturated carbocycles. The Hall–Kier alpha value is -2.24. The zero-order valence-corrected chi connectivity index (χ0v) is 11.8. The summed E-state index contributed by atoms with van der Waals surface area (Å²) in [6.07, 6.45) is 3.63. The average molecular weight is 274 g/mol. The molecule has 0 fully saturated rings. The van der Waals surface area contributed by atoms with Gasteiger partial charge in [0.05, 0.1) is 6.42 Å². The Morgan fingerprint density at radius 2 is 2.05 bits per heavy atom. The van der Waals surface area contributed by atoms with Gasteiger partial charge in [-0.05, 0) is 18.6 Å². The molecule has 2 aromatic rings. The van der Waals surface area contributed by atoms with Gasteiger partial charge in [-0.2, -0.15) is 0 Å². The van der Waals surface area contributed by atoms with E-state index in [1.54, 1.807) is 18.5 Å². The Morgan fingerprint density at radius 3 is 2.65 bits per heavy atom. The summed E-state index contributed by atoms with van der Waals surface area (Å²) in [5.74, 6) is 1.07. The van der Waals surface area contributed by atoms with Gasteiger partial charge < -0.3 is 9.73 Å². The topological polar surface area (TPSA) is 80.9 Å². The van der Waals surface area contributed by atoms with E-state index in [-0.39, 0.29) is 24.3 Å². The number of nitrogens with one attached hydrogen (secondary N) is 1. The molecule has 0 aliphatic rings. The highest BCUT2D eigenvalue weighted by Crippen LogP contribution is 2.16. The molecule has 20 heavy (non-hydrogen) atoms. The number of hydrogen-bond acceptors (Lipinski definition) is 5. The van der Waals surface area contributed by atoms with Gasteiger partial charge in [-0.1, -0.05) is 19.9 Å². The Labute approximate surface area is 117 Å². The smallest absolute Gasteiger partial charge is 0.238 e. The van der Waals surface area contributed by atoms with Crippen LogP contribution in [0, 0.1) is 0 Å². The summed E-state index contributed by atoms with van der Waals surface area (Å²) >= 11 is 0. The van der Waals surface area contributed by atoms with Gasteiger partial charge in [0.1, 0.15) is 6.04 Å². The predicted octanol–water partition coefficient (Wildman–Crippen LogP) is 2.01. The first-order chi connectivity index (χ1) is 9.56. The fourth-order valence-corrected chi connectivity index (χ4v) is 1.70. The maximum Gasteiger partial charge on any atom is 0.238 e. The number of amides is 1. The van der Waals surface area contributed by atoms with Gasteiger partial charge in [-0.25, -0.2) is 0 Å². The summed E-state index contributed by atoms with van der Waals surface area (Å²) in [5, 5.41) is 10.7. The number of carbonyl (C=O) groups excluding carboxylic acids is 1. The molecule has 1 N–H and O–H groups in total. The second-order valence-electron chi connectivity index (χ2n) is 4.96. The monoisotopic (exact) mass is 274 g/mol. The summed E-state index contributed by atoms with van der Waals surface area (Å²) in [6.45, 7) is 5.77. The van der Waals surface area contributed by atoms with Gasteiger partial charge >= 0.3 is 0 Å². The first kappa shape index (κ1) is 14.2. The highest BCUT2D eigenvalue weighted by Gasteiger charge is 2.17. The molecule has 0 aromatic carbocycles. The molecule has 0 saturated heterocycles. The van der Waals surface area contributed by atoms with Gasteiger partial charge in [0, 0.05) is 18.3 Å². The summed E-state index contributed by atoms with van der Waals surface area (Å²) in [5.41, 5.74) is 0.866. The minimum Gasteiger partial charge on any atom is -0.423 e. The average Bonchev–Trinajstić information content (AvgIpc) is 2.89. The van der Waals surface area contributed by atoms with E-state index < -0.39 is 0 Å². The number of hydrogen-bond donors (Lipinski definition) is 1. The van der Waals surface area contributed by atoms with E-state index >= 15 is 0 Å². The Bertz CT molecular complexity index is 566. The second kappa shape index (κ2) is 6.27. The minimum absolute atomic E-state index is 0.102. The lowest BCUT2D eigenvalue weighted by Crippen LogP contribution is -2.28. The molecular weight excluding hydrogens is 256 g/mol. The fourth-order valence-electron chi connectivity index (χ4n) is 1.70. The van der Waals surface area contributed by atoms with Crippen LogP contribution >= 0.6 is 0 Å². The molecule has 6 nitrogen and oxygen atoms in total. The maximum absolute atomic E-state index is 11.9. The molecular formula is C14H18N4O2. The standard InChI is InChI=1S/C14H18N4O2/c1-9(2)13-17-18-14(20-13)10(3)16-12(19)7-11-5-4-6-15-8-11/h4-6,8-10H,7H2,1-3H3,(H,16,19). The quantitative estimate of drug-likeness (QED) is 0.902. The highest BCUT2D eigenvalue weighted by atomic mass is 16.4. The molecule has 0 spiro atoms. The van der Waals surface area contributed by atoms with Crippen molar-refractivity contribution in [3.63, 3.8) is 0 Å². The van der Waals surface area contributed by atoms with Crippen molar-refractivity contribution in [3.8, 4) is 0 Å². The second-order valence-corrected chi connectivity index (χ2v) is 4.96. The van der Waals surface area contributed by atoms with E-state index in [9.17, 15) is 4.79 Å². The van der Waals surface area contributed by atoms with Crippen molar-refractivity contribution in [3.05, 3.63) is 41.9 Å². The third kappa shape index (κ3) is 3.63. The zero-order valence-electron chi connectivity index (χ0n) is 11.8. The molecule has 2 rings (SSSR count). The van der Waals surface area contributed by atoms with Crippen molar-refractivity contribution in [1.82, 2.24) is 20.5 Å². The third-order valence-electron chi connectivity index (χ3n) is 2.79. The largest absolute Gasteiger partial charge is 0.423 e. The number of nitrogens with zero attached hydrogens (tertiary/aromatic N) is 3. The van der Waals surface area contributed by atoms with Gasteiger partial charge in [0.25, 0.3) is 0 Å². The molecule has 106 valence electrons. The first-order valence-corrected chi connectivity index (χ1v) is 6.58. The van der Waals surface area contributed by atoms with Crippen LogP contribution in [0.25, 0.3) is 0 Å². The molecule has 0 aliphatic carbocycles. The molecule has 1 amide bonds. The lowest BCUT2D eigenvalue weighted by atomic mass is 10.2.